The summed E-state index contributed by atoms with van der Waals surface area (Å²) in [6.45, 7) is 7.43. The van der Waals surface area contributed by atoms with E-state index in [1.54, 1.807) is 31.4 Å². The Kier molecular flexibility index (Phi) is 9.64. The third-order valence-electron chi connectivity index (χ3n) is 5.87. The van der Waals surface area contributed by atoms with E-state index in [-0.39, 0.29) is 25.4 Å². The van der Waals surface area contributed by atoms with Crippen LogP contribution in [0.1, 0.15) is 43.5 Å². The van der Waals surface area contributed by atoms with Crippen molar-refractivity contribution in [1.29, 1.82) is 0 Å². The summed E-state index contributed by atoms with van der Waals surface area (Å²) >= 11 is 5.57. The van der Waals surface area contributed by atoms with Gasteiger partial charge in [0.1, 0.15) is 5.75 Å². The molecule has 11 heteroatoms. The highest BCUT2D eigenvalue weighted by atomic mass is 127. The van der Waals surface area contributed by atoms with Crippen molar-refractivity contribution < 1.29 is 23.8 Å². The van der Waals surface area contributed by atoms with Gasteiger partial charge in [-0.05, 0) is 96.6 Å². The van der Waals surface area contributed by atoms with Gasteiger partial charge in [0, 0.05) is 9.13 Å². The van der Waals surface area contributed by atoms with Gasteiger partial charge in [-0.15, -0.1) is 0 Å². The van der Waals surface area contributed by atoms with E-state index >= 15 is 0 Å². The topological polar surface area (TPSA) is 96.2 Å². The molecule has 0 fully saturated rings. The van der Waals surface area contributed by atoms with Crippen molar-refractivity contribution in [1.82, 2.24) is 4.57 Å². The molecule has 1 aliphatic heterocycles. The van der Waals surface area contributed by atoms with Gasteiger partial charge in [-0.2, -0.15) is 0 Å². The van der Waals surface area contributed by atoms with Crippen LogP contribution in [-0.4, -0.2) is 36.3 Å². The molecule has 39 heavy (non-hydrogen) atoms. The van der Waals surface area contributed by atoms with E-state index in [2.05, 4.69) is 50.2 Å². The molecule has 1 aliphatic rings. The SMILES string of the molecule is CCOC(=O)COc1c(I)cc(I)cc1/C=c1\sc2n(c1=O)[C@H](c1ccc(C)cc1)C(C(=O)OCC)=C(C)N=2. The van der Waals surface area contributed by atoms with E-state index in [1.165, 1.54) is 11.3 Å². The highest BCUT2D eigenvalue weighted by Crippen LogP contribution is 2.32. The fraction of sp³-hybridized carbons (Fsp3) is 0.286. The van der Waals surface area contributed by atoms with Crippen molar-refractivity contribution >= 4 is 74.5 Å². The van der Waals surface area contributed by atoms with Crippen LogP contribution in [0.4, 0.5) is 0 Å². The number of halogens is 2. The summed E-state index contributed by atoms with van der Waals surface area (Å²) in [7, 11) is 0. The lowest BCUT2D eigenvalue weighted by atomic mass is 9.95. The van der Waals surface area contributed by atoms with Crippen LogP contribution in [0.15, 0.2) is 57.5 Å². The Morgan fingerprint density at radius 3 is 2.44 bits per heavy atom. The van der Waals surface area contributed by atoms with Crippen LogP contribution >= 0.6 is 56.5 Å². The molecule has 0 saturated heterocycles. The Morgan fingerprint density at radius 2 is 1.77 bits per heavy atom. The quantitative estimate of drug-likeness (QED) is 0.251. The summed E-state index contributed by atoms with van der Waals surface area (Å²) in [5.74, 6) is -0.494. The van der Waals surface area contributed by atoms with Gasteiger partial charge in [0.05, 0.1) is 38.6 Å². The van der Waals surface area contributed by atoms with Gasteiger partial charge in [0.15, 0.2) is 11.4 Å². The van der Waals surface area contributed by atoms with Gasteiger partial charge >= 0.3 is 11.9 Å². The second-order valence-corrected chi connectivity index (χ2v) is 12.0. The third-order valence-corrected chi connectivity index (χ3v) is 8.28. The Labute approximate surface area is 256 Å². The molecule has 0 aliphatic carbocycles. The van der Waals surface area contributed by atoms with E-state index in [0.717, 1.165) is 18.3 Å². The zero-order valence-electron chi connectivity index (χ0n) is 21.7. The number of ether oxygens (including phenoxy) is 3. The lowest BCUT2D eigenvalue weighted by molar-refractivity contribution is -0.145. The van der Waals surface area contributed by atoms with E-state index in [1.807, 2.05) is 43.3 Å². The number of aromatic nitrogens is 1. The second kappa shape index (κ2) is 12.8. The summed E-state index contributed by atoms with van der Waals surface area (Å²) in [5.41, 5.74) is 3.05. The first-order chi connectivity index (χ1) is 18.6. The van der Waals surface area contributed by atoms with Crippen LogP contribution < -0.4 is 19.6 Å². The number of hydrogen-bond acceptors (Lipinski definition) is 8. The molecule has 2 aromatic carbocycles. The number of thiazole rings is 1. The van der Waals surface area contributed by atoms with E-state index in [4.69, 9.17) is 14.2 Å². The van der Waals surface area contributed by atoms with Crippen molar-refractivity contribution in [2.24, 2.45) is 4.99 Å². The monoisotopic (exact) mass is 772 g/mol. The molecular formula is C28H26I2N2O6S. The van der Waals surface area contributed by atoms with Crippen molar-refractivity contribution in [2.75, 3.05) is 19.8 Å². The number of carbonyl (C=O) groups excluding carboxylic acids is 2. The van der Waals surface area contributed by atoms with E-state index in [0.29, 0.717) is 31.9 Å². The minimum Gasteiger partial charge on any atom is -0.480 e. The maximum absolute atomic E-state index is 13.9. The van der Waals surface area contributed by atoms with Crippen LogP contribution in [0, 0.1) is 14.1 Å². The summed E-state index contributed by atoms with van der Waals surface area (Å²) in [5, 5.41) is 0. The number of nitrogens with zero attached hydrogens (tertiary/aromatic N) is 2. The number of hydrogen-bond donors (Lipinski definition) is 0. The maximum atomic E-state index is 13.9. The molecule has 0 amide bonds. The molecule has 0 radical (unpaired) electrons. The van der Waals surface area contributed by atoms with Crippen molar-refractivity contribution in [2.45, 2.75) is 33.7 Å². The van der Waals surface area contributed by atoms with E-state index < -0.39 is 18.0 Å². The summed E-state index contributed by atoms with van der Waals surface area (Å²) in [4.78, 5) is 44.0. The second-order valence-electron chi connectivity index (χ2n) is 8.61. The zero-order valence-corrected chi connectivity index (χ0v) is 26.9. The van der Waals surface area contributed by atoms with Gasteiger partial charge in [-0.1, -0.05) is 41.2 Å². The van der Waals surface area contributed by atoms with Crippen LogP contribution in [0.5, 0.6) is 5.75 Å². The number of esters is 2. The Hall–Kier alpha value is -2.52. The molecule has 0 unspecified atom stereocenters. The van der Waals surface area contributed by atoms with Gasteiger partial charge in [0.25, 0.3) is 5.56 Å². The molecule has 2 heterocycles. The minimum atomic E-state index is -0.682. The average molecular weight is 772 g/mol. The first-order valence-electron chi connectivity index (χ1n) is 12.2. The highest BCUT2D eigenvalue weighted by molar-refractivity contribution is 14.1. The fourth-order valence-electron chi connectivity index (χ4n) is 4.17. The lowest BCUT2D eigenvalue weighted by Gasteiger charge is -2.24. The van der Waals surface area contributed by atoms with Gasteiger partial charge < -0.3 is 14.2 Å². The van der Waals surface area contributed by atoms with Gasteiger partial charge in [-0.25, -0.2) is 14.6 Å². The number of benzene rings is 2. The lowest BCUT2D eigenvalue weighted by Crippen LogP contribution is -2.39. The Balaban J connectivity index is 1.89. The van der Waals surface area contributed by atoms with Crippen molar-refractivity contribution in [3.63, 3.8) is 0 Å². The van der Waals surface area contributed by atoms with E-state index in [9.17, 15) is 14.4 Å². The molecule has 4 rings (SSSR count). The number of fused-ring (bicyclic) bond motifs is 1. The van der Waals surface area contributed by atoms with Crippen molar-refractivity contribution in [3.05, 3.63) is 91.2 Å². The molecular weight excluding hydrogens is 746 g/mol. The number of aryl methyl sites for hydroxylation is 1. The van der Waals surface area contributed by atoms with Gasteiger partial charge in [-0.3, -0.25) is 9.36 Å². The largest absolute Gasteiger partial charge is 0.480 e. The van der Waals surface area contributed by atoms with Crippen molar-refractivity contribution in [3.8, 4) is 5.75 Å². The molecule has 204 valence electrons. The first kappa shape index (κ1) is 29.5. The normalized spacial score (nSPS) is 15.0. The predicted molar refractivity (Wildman–Crippen MR) is 166 cm³/mol. The molecule has 0 saturated carbocycles. The summed E-state index contributed by atoms with van der Waals surface area (Å²) in [6.07, 6.45) is 1.74. The molecule has 3 aromatic rings. The standard InChI is InChI=1S/C28H26I2N2O6S/c1-5-36-22(33)14-38-25-18(11-19(29)13-20(25)30)12-21-26(34)32-24(17-9-7-15(3)8-10-17)23(27(35)37-6-2)16(4)31-28(32)39-21/h7-13,24H,5-6,14H2,1-4H3/b21-12-/t24-/m1/s1. The maximum Gasteiger partial charge on any atom is 0.344 e. The molecule has 0 N–H and O–H groups in total. The third kappa shape index (κ3) is 6.46. The average Bonchev–Trinajstić information content (AvgIpc) is 3.17. The molecule has 1 aromatic heterocycles. The van der Waals surface area contributed by atoms with Crippen LogP contribution in [0.25, 0.3) is 6.08 Å². The number of carbonyl (C=O) groups is 2. The predicted octanol–water partition coefficient (Wildman–Crippen LogP) is 4.26. The smallest absolute Gasteiger partial charge is 0.344 e. The zero-order chi connectivity index (χ0) is 28.3. The Morgan fingerprint density at radius 1 is 1.08 bits per heavy atom. The minimum absolute atomic E-state index is 0.209. The first-order valence-corrected chi connectivity index (χ1v) is 15.2. The molecule has 0 spiro atoms. The van der Waals surface area contributed by atoms with Crippen LogP contribution in [0.3, 0.4) is 0 Å². The van der Waals surface area contributed by atoms with Crippen LogP contribution in [0.2, 0.25) is 0 Å². The Bertz CT molecular complexity index is 1640. The van der Waals surface area contributed by atoms with Crippen LogP contribution in [-0.2, 0) is 19.1 Å². The van der Waals surface area contributed by atoms with Gasteiger partial charge in [0.2, 0.25) is 0 Å². The summed E-state index contributed by atoms with van der Waals surface area (Å²) < 4.78 is 19.9. The highest BCUT2D eigenvalue weighted by Gasteiger charge is 2.33. The molecule has 0 bridgehead atoms. The fourth-order valence-corrected chi connectivity index (χ4v) is 7.25. The molecule has 8 nitrogen and oxygen atoms in total. The number of rotatable bonds is 8. The molecule has 1 atom stereocenters. The number of allylic oxidation sites excluding steroid dienone is 1. The summed E-state index contributed by atoms with van der Waals surface area (Å²) in [6, 6.07) is 10.9.